The molecule has 2 heteroatoms. The molecule has 0 N–H and O–H groups in total. The van der Waals surface area contributed by atoms with Crippen LogP contribution in [0.25, 0.3) is 0 Å². The molecular weight excluding hydrogens is 440 g/mol. The van der Waals surface area contributed by atoms with Gasteiger partial charge in [-0.3, -0.25) is 6.58 Å². The Hall–Kier alpha value is 0.857. The van der Waals surface area contributed by atoms with Crippen LogP contribution in [0.4, 0.5) is 0 Å². The van der Waals surface area contributed by atoms with Gasteiger partial charge in [-0.1, -0.05) is 13.5 Å². The minimum atomic E-state index is 0. The zero-order chi connectivity index (χ0) is 4.71. The van der Waals surface area contributed by atoms with Crippen LogP contribution in [0, 0.1) is 6.58 Å². The first-order valence-corrected chi connectivity index (χ1v) is 1.39. The summed E-state index contributed by atoms with van der Waals surface area (Å²) in [4.78, 5) is 0. The van der Waals surface area contributed by atoms with Gasteiger partial charge in [0, 0.05) is 42.1 Å². The van der Waals surface area contributed by atoms with Crippen LogP contribution >= 0.6 is 0 Å². The standard InChI is InChI=1S/C3H6.C2H3.CH4.2W/c1-3-2;1-2;;;/h3H,1H2,2H3;1H,2H2;1H4;;/q;-1;;;. The van der Waals surface area contributed by atoms with Crippen LogP contribution in [-0.4, -0.2) is 0 Å². The van der Waals surface area contributed by atoms with Gasteiger partial charge in [-0.2, -0.15) is 0 Å². The second-order valence-corrected chi connectivity index (χ2v) is 0.408. The monoisotopic (exact) mass is 453 g/mol. The Morgan fingerprint density at radius 2 is 1.25 bits per heavy atom. The Morgan fingerprint density at radius 1 is 1.25 bits per heavy atom. The van der Waals surface area contributed by atoms with E-state index in [1.807, 2.05) is 6.92 Å². The molecule has 0 bridgehead atoms. The van der Waals surface area contributed by atoms with Gasteiger partial charge in [0.05, 0.1) is 0 Å². The molecule has 0 rings (SSSR count). The van der Waals surface area contributed by atoms with Crippen LogP contribution in [0.5, 0.6) is 0 Å². The van der Waals surface area contributed by atoms with Crippen molar-refractivity contribution in [3.05, 3.63) is 25.8 Å². The van der Waals surface area contributed by atoms with E-state index >= 15 is 0 Å². The molecule has 0 aromatic rings. The first-order chi connectivity index (χ1) is 2.41. The fourth-order valence-corrected chi connectivity index (χ4v) is 0. The third-order valence-corrected chi connectivity index (χ3v) is 0. The largest absolute Gasteiger partial charge is 0.521 e. The molecule has 0 aliphatic rings. The fourth-order valence-electron chi connectivity index (χ4n) is 0. The molecule has 0 radical (unpaired) electrons. The summed E-state index contributed by atoms with van der Waals surface area (Å²) in [6, 6.07) is 0. The van der Waals surface area contributed by atoms with Crippen LogP contribution in [0.3, 0.4) is 0 Å². The van der Waals surface area contributed by atoms with Crippen LogP contribution in [-0.2, 0) is 42.1 Å². The molecule has 0 saturated carbocycles. The maximum Gasteiger partial charge on any atom is 0 e. The molecule has 0 aliphatic carbocycles. The maximum atomic E-state index is 4.25. The quantitative estimate of drug-likeness (QED) is 0.391. The smallest absolute Gasteiger partial charge is 0 e. The van der Waals surface area contributed by atoms with E-state index in [1.54, 1.807) is 6.08 Å². The minimum Gasteiger partial charge on any atom is -0.521 e. The first-order valence-electron chi connectivity index (χ1n) is 1.39. The third kappa shape index (κ3) is 320. The van der Waals surface area contributed by atoms with Gasteiger partial charge in [0.15, 0.2) is 0 Å². The van der Waals surface area contributed by atoms with Gasteiger partial charge < -0.3 is 6.58 Å². The summed E-state index contributed by atoms with van der Waals surface area (Å²) in [5.41, 5.74) is 0. The van der Waals surface area contributed by atoms with Gasteiger partial charge in [-0.25, -0.2) is 0 Å². The summed E-state index contributed by atoms with van der Waals surface area (Å²) in [6.07, 6.45) is 1.75. The summed E-state index contributed by atoms with van der Waals surface area (Å²) in [7, 11) is 0. The van der Waals surface area contributed by atoms with Crippen molar-refractivity contribution < 1.29 is 42.1 Å². The molecule has 0 aromatic heterocycles. The van der Waals surface area contributed by atoms with Crippen LogP contribution in [0.1, 0.15) is 14.4 Å². The van der Waals surface area contributed by atoms with Crippen molar-refractivity contribution in [3.8, 4) is 0 Å². The van der Waals surface area contributed by atoms with Gasteiger partial charge in [0.25, 0.3) is 0 Å². The molecule has 50 valence electrons. The van der Waals surface area contributed by atoms with Crippen molar-refractivity contribution >= 4 is 0 Å². The molecule has 0 unspecified atom stereocenters. The van der Waals surface area contributed by atoms with Gasteiger partial charge in [-0.05, 0) is 6.92 Å². The van der Waals surface area contributed by atoms with Crippen molar-refractivity contribution in [1.82, 2.24) is 0 Å². The SMILES string of the molecule is C.C=CC.[CH-]=C.[W].[W]. The third-order valence-electron chi connectivity index (χ3n) is 0. The van der Waals surface area contributed by atoms with E-state index in [-0.39, 0.29) is 49.6 Å². The van der Waals surface area contributed by atoms with E-state index in [0.717, 1.165) is 0 Å². The zero-order valence-electron chi connectivity index (χ0n) is 4.39. The molecule has 0 aromatic carbocycles. The van der Waals surface area contributed by atoms with Crippen molar-refractivity contribution in [1.29, 1.82) is 0 Å². The van der Waals surface area contributed by atoms with Crippen molar-refractivity contribution in [2.45, 2.75) is 14.4 Å². The zero-order valence-corrected chi connectivity index (χ0v) is 10.3. The van der Waals surface area contributed by atoms with Gasteiger partial charge in [0.1, 0.15) is 0 Å². The molecular formula is C6H13W2-. The van der Waals surface area contributed by atoms with E-state index in [4.69, 9.17) is 0 Å². The molecule has 0 spiro atoms. The van der Waals surface area contributed by atoms with Gasteiger partial charge >= 0.3 is 0 Å². The van der Waals surface area contributed by atoms with E-state index < -0.39 is 0 Å². The summed E-state index contributed by atoms with van der Waals surface area (Å²) in [5.74, 6) is 0. The summed E-state index contributed by atoms with van der Waals surface area (Å²) < 4.78 is 0. The van der Waals surface area contributed by atoms with Crippen molar-refractivity contribution in [2.24, 2.45) is 0 Å². The van der Waals surface area contributed by atoms with E-state index in [9.17, 15) is 0 Å². The Labute approximate surface area is 82.0 Å². The fraction of sp³-hybridized carbons (Fsp3) is 0.333. The first kappa shape index (κ1) is 36.8. The summed E-state index contributed by atoms with van der Waals surface area (Å²) in [5, 5.41) is 0. The summed E-state index contributed by atoms with van der Waals surface area (Å²) in [6.45, 7) is 12.2. The molecule has 8 heavy (non-hydrogen) atoms. The number of allylic oxidation sites excluding steroid dienone is 1. The minimum absolute atomic E-state index is 0. The molecule has 0 amide bonds. The molecule has 0 saturated heterocycles. The average Bonchev–Trinajstić information content (AvgIpc) is 1.46. The number of hydrogen-bond acceptors (Lipinski definition) is 0. The predicted octanol–water partition coefficient (Wildman–Crippen LogP) is 2.43. The van der Waals surface area contributed by atoms with Gasteiger partial charge in [-0.15, -0.1) is 6.58 Å². The Bertz CT molecular complexity index is 20.5. The topological polar surface area (TPSA) is 0 Å². The maximum absolute atomic E-state index is 4.25. The molecule has 0 aliphatic heterocycles. The second-order valence-electron chi connectivity index (χ2n) is 0.408. The Balaban J connectivity index is -0.00000000567. The van der Waals surface area contributed by atoms with Gasteiger partial charge in [0.2, 0.25) is 0 Å². The van der Waals surface area contributed by atoms with Crippen LogP contribution < -0.4 is 0 Å². The van der Waals surface area contributed by atoms with E-state index in [2.05, 4.69) is 19.7 Å². The van der Waals surface area contributed by atoms with E-state index in [0.29, 0.717) is 0 Å². The summed E-state index contributed by atoms with van der Waals surface area (Å²) >= 11 is 0. The number of rotatable bonds is 0. The normalized spacial score (nSPS) is 2.12. The predicted molar refractivity (Wildman–Crippen MR) is 32.5 cm³/mol. The molecule has 0 atom stereocenters. The second kappa shape index (κ2) is 107. The Morgan fingerprint density at radius 3 is 1.25 bits per heavy atom. The Kier molecular flexibility index (Phi) is 492. The van der Waals surface area contributed by atoms with E-state index in [1.165, 1.54) is 0 Å². The van der Waals surface area contributed by atoms with Crippen molar-refractivity contribution in [3.63, 3.8) is 0 Å². The molecule has 0 heterocycles. The molecule has 0 nitrogen and oxygen atoms in total. The van der Waals surface area contributed by atoms with Crippen LogP contribution in [0.15, 0.2) is 19.2 Å². The number of hydrogen-bond donors (Lipinski definition) is 0. The van der Waals surface area contributed by atoms with Crippen LogP contribution in [0.2, 0.25) is 0 Å². The molecule has 0 fully saturated rings. The van der Waals surface area contributed by atoms with Crippen molar-refractivity contribution in [2.75, 3.05) is 0 Å². The average molecular weight is 453 g/mol.